The molecule has 108 valence electrons. The largest absolute Gasteiger partial charge is 0.310 e. The Morgan fingerprint density at radius 1 is 1.43 bits per heavy atom. The first-order valence-corrected chi connectivity index (χ1v) is 7.81. The number of pyridine rings is 1. The molecule has 8 heteroatoms. The zero-order valence-corrected chi connectivity index (χ0v) is 13.0. The van der Waals surface area contributed by atoms with Crippen molar-refractivity contribution in [3.8, 4) is 0 Å². The van der Waals surface area contributed by atoms with Gasteiger partial charge in [0, 0.05) is 23.5 Å². The number of rotatable bonds is 3. The van der Waals surface area contributed by atoms with Crippen molar-refractivity contribution in [3.63, 3.8) is 0 Å². The summed E-state index contributed by atoms with van der Waals surface area (Å²) >= 11 is 7.50. The van der Waals surface area contributed by atoms with E-state index in [4.69, 9.17) is 11.6 Å². The first-order chi connectivity index (χ1) is 10.1. The van der Waals surface area contributed by atoms with Gasteiger partial charge >= 0.3 is 0 Å². The van der Waals surface area contributed by atoms with E-state index in [1.54, 1.807) is 6.20 Å². The second-order valence-corrected chi connectivity index (χ2v) is 5.61. The number of halogens is 1. The van der Waals surface area contributed by atoms with Gasteiger partial charge in [-0.15, -0.1) is 5.10 Å². The van der Waals surface area contributed by atoms with Crippen molar-refractivity contribution in [1.82, 2.24) is 24.1 Å². The molecule has 0 unspecified atom stereocenters. The molecule has 3 heterocycles. The average Bonchev–Trinajstić information content (AvgIpc) is 2.90. The monoisotopic (exact) mass is 321 g/mol. The lowest BCUT2D eigenvalue weighted by molar-refractivity contribution is 0.727. The Morgan fingerprint density at radius 2 is 2.24 bits per heavy atom. The number of hydrogen-bond donors (Lipinski definition) is 0. The van der Waals surface area contributed by atoms with E-state index in [1.807, 2.05) is 29.9 Å². The van der Waals surface area contributed by atoms with Crippen LogP contribution in [0.5, 0.6) is 0 Å². The van der Waals surface area contributed by atoms with E-state index in [9.17, 15) is 4.79 Å². The van der Waals surface area contributed by atoms with Gasteiger partial charge in [-0.3, -0.25) is 4.79 Å². The Morgan fingerprint density at radius 3 is 2.95 bits per heavy atom. The highest BCUT2D eigenvalue weighted by atomic mass is 35.5. The molecule has 0 atom stereocenters. The van der Waals surface area contributed by atoms with Crippen LogP contribution in [0.4, 0.5) is 0 Å². The second kappa shape index (κ2) is 5.50. The van der Waals surface area contributed by atoms with Gasteiger partial charge in [0.25, 0.3) is 5.56 Å². The van der Waals surface area contributed by atoms with E-state index >= 15 is 0 Å². The molecule has 0 aliphatic rings. The predicted octanol–water partition coefficient (Wildman–Crippen LogP) is 2.02. The van der Waals surface area contributed by atoms with Crippen LogP contribution < -0.4 is 5.56 Å². The van der Waals surface area contributed by atoms with E-state index in [-0.39, 0.29) is 5.56 Å². The van der Waals surface area contributed by atoms with Crippen LogP contribution >= 0.6 is 23.4 Å². The summed E-state index contributed by atoms with van der Waals surface area (Å²) in [4.78, 5) is 20.5. The van der Waals surface area contributed by atoms with Crippen LogP contribution in [0, 0.1) is 6.92 Å². The maximum atomic E-state index is 12.0. The lowest BCUT2D eigenvalue weighted by atomic mass is 10.2. The Bertz CT molecular complexity index is 873. The minimum Gasteiger partial charge on any atom is -0.310 e. The van der Waals surface area contributed by atoms with E-state index in [0.29, 0.717) is 22.6 Å². The minimum absolute atomic E-state index is 0.191. The van der Waals surface area contributed by atoms with Crippen LogP contribution in [0.15, 0.2) is 34.3 Å². The number of nitrogens with zero attached hydrogens (tertiary/aromatic N) is 5. The quantitative estimate of drug-likeness (QED) is 0.545. The van der Waals surface area contributed by atoms with Gasteiger partial charge in [0.15, 0.2) is 0 Å². The van der Waals surface area contributed by atoms with Gasteiger partial charge < -0.3 is 4.57 Å². The Kier molecular flexibility index (Phi) is 3.69. The second-order valence-electron chi connectivity index (χ2n) is 4.47. The zero-order chi connectivity index (χ0) is 15.0. The summed E-state index contributed by atoms with van der Waals surface area (Å²) in [5, 5.41) is 5.19. The molecule has 0 spiro atoms. The van der Waals surface area contributed by atoms with Crippen molar-refractivity contribution in [2.75, 3.05) is 6.26 Å². The van der Waals surface area contributed by atoms with Gasteiger partial charge in [0.05, 0.1) is 6.54 Å². The Hall–Kier alpha value is -1.86. The van der Waals surface area contributed by atoms with Gasteiger partial charge in [-0.2, -0.15) is 9.50 Å². The summed E-state index contributed by atoms with van der Waals surface area (Å²) in [6.45, 7) is 2.34. The van der Waals surface area contributed by atoms with E-state index < -0.39 is 0 Å². The topological polar surface area (TPSA) is 65.1 Å². The maximum Gasteiger partial charge on any atom is 0.275 e. The highest BCUT2D eigenvalue weighted by Crippen LogP contribution is 2.16. The molecular formula is C13H12ClN5OS. The summed E-state index contributed by atoms with van der Waals surface area (Å²) in [5.41, 5.74) is 1.47. The van der Waals surface area contributed by atoms with E-state index in [2.05, 4.69) is 15.1 Å². The molecule has 0 bridgehead atoms. The molecular weight excluding hydrogens is 310 g/mol. The van der Waals surface area contributed by atoms with Crippen LogP contribution in [0.25, 0.3) is 5.78 Å². The lowest BCUT2D eigenvalue weighted by Crippen LogP contribution is -2.20. The fraction of sp³-hybridized carbons (Fsp3) is 0.231. The van der Waals surface area contributed by atoms with Crippen molar-refractivity contribution < 1.29 is 0 Å². The molecule has 0 fully saturated rings. The molecule has 0 radical (unpaired) electrons. The van der Waals surface area contributed by atoms with Crippen molar-refractivity contribution in [2.45, 2.75) is 18.6 Å². The van der Waals surface area contributed by atoms with Crippen molar-refractivity contribution >= 4 is 29.1 Å². The number of aromatic nitrogens is 5. The minimum atomic E-state index is -0.191. The number of thioether (sulfide) groups is 1. The third-order valence-corrected chi connectivity index (χ3v) is 4.00. The summed E-state index contributed by atoms with van der Waals surface area (Å²) in [6, 6.07) is 5.26. The van der Waals surface area contributed by atoms with Crippen LogP contribution in [0.2, 0.25) is 5.15 Å². The number of aryl methyl sites for hydroxylation is 1. The Balaban J connectivity index is 2.20. The SMILES string of the molecule is CSc1nc2n(Cc3cccnc3Cl)c(C)cc(=O)n2n1. The van der Waals surface area contributed by atoms with E-state index in [0.717, 1.165) is 11.3 Å². The molecule has 0 saturated heterocycles. The molecule has 0 aromatic carbocycles. The zero-order valence-electron chi connectivity index (χ0n) is 11.4. The predicted molar refractivity (Wildman–Crippen MR) is 82.1 cm³/mol. The summed E-state index contributed by atoms with van der Waals surface area (Å²) in [6.07, 6.45) is 3.51. The van der Waals surface area contributed by atoms with Crippen LogP contribution in [-0.4, -0.2) is 30.4 Å². The molecule has 0 aliphatic carbocycles. The molecule has 0 amide bonds. The molecule has 0 saturated carbocycles. The lowest BCUT2D eigenvalue weighted by Gasteiger charge is -2.11. The highest BCUT2D eigenvalue weighted by molar-refractivity contribution is 7.98. The van der Waals surface area contributed by atoms with Crippen molar-refractivity contribution in [3.05, 3.63) is 51.2 Å². The molecule has 3 rings (SSSR count). The molecule has 0 aliphatic heterocycles. The first-order valence-electron chi connectivity index (χ1n) is 6.21. The molecule has 3 aromatic rings. The molecule has 0 N–H and O–H groups in total. The maximum absolute atomic E-state index is 12.0. The molecule has 6 nitrogen and oxygen atoms in total. The normalized spacial score (nSPS) is 11.2. The number of fused-ring (bicyclic) bond motifs is 1. The number of hydrogen-bond acceptors (Lipinski definition) is 5. The highest BCUT2D eigenvalue weighted by Gasteiger charge is 2.13. The Labute approximate surface area is 129 Å². The van der Waals surface area contributed by atoms with Crippen molar-refractivity contribution in [2.24, 2.45) is 0 Å². The molecule has 21 heavy (non-hydrogen) atoms. The van der Waals surface area contributed by atoms with Gasteiger partial charge in [0.1, 0.15) is 5.15 Å². The average molecular weight is 322 g/mol. The van der Waals surface area contributed by atoms with Crippen molar-refractivity contribution in [1.29, 1.82) is 0 Å². The van der Waals surface area contributed by atoms with Gasteiger partial charge in [-0.1, -0.05) is 29.4 Å². The van der Waals surface area contributed by atoms with Crippen LogP contribution in [-0.2, 0) is 6.54 Å². The fourth-order valence-corrected chi connectivity index (χ4v) is 2.59. The van der Waals surface area contributed by atoms with Gasteiger partial charge in [-0.25, -0.2) is 4.98 Å². The van der Waals surface area contributed by atoms with Gasteiger partial charge in [0.2, 0.25) is 10.9 Å². The summed E-state index contributed by atoms with van der Waals surface area (Å²) in [5.74, 6) is 0.504. The van der Waals surface area contributed by atoms with E-state index in [1.165, 1.54) is 22.3 Å². The summed E-state index contributed by atoms with van der Waals surface area (Å²) in [7, 11) is 0. The fourth-order valence-electron chi connectivity index (χ4n) is 2.07. The molecule has 3 aromatic heterocycles. The van der Waals surface area contributed by atoms with Crippen LogP contribution in [0.1, 0.15) is 11.3 Å². The standard InChI is InChI=1S/C13H12ClN5OS/c1-8-6-10(20)19-13(16-12(17-19)21-2)18(8)7-9-4-3-5-15-11(9)14/h3-6H,7H2,1-2H3. The smallest absolute Gasteiger partial charge is 0.275 e. The first kappa shape index (κ1) is 14.1. The van der Waals surface area contributed by atoms with Gasteiger partial charge in [-0.05, 0) is 19.2 Å². The summed E-state index contributed by atoms with van der Waals surface area (Å²) < 4.78 is 3.21. The third-order valence-electron chi connectivity index (χ3n) is 3.13. The third kappa shape index (κ3) is 2.54. The van der Waals surface area contributed by atoms with Crippen LogP contribution in [0.3, 0.4) is 0 Å².